The highest BCUT2D eigenvalue weighted by Crippen LogP contribution is 2.33. The standard InChI is InChI=1S/C17H14BrNO2/c1-11-6-7-12(18)8-16(11)21-17-9-13(10-20)19-15-5-3-2-4-14(15)17/h2-9,20H,10H2,1H3. The molecule has 0 aliphatic rings. The Labute approximate surface area is 131 Å². The summed E-state index contributed by atoms with van der Waals surface area (Å²) < 4.78 is 7.03. The number of hydrogen-bond donors (Lipinski definition) is 1. The van der Waals surface area contributed by atoms with Gasteiger partial charge in [-0.25, -0.2) is 0 Å². The van der Waals surface area contributed by atoms with Gasteiger partial charge in [0.15, 0.2) is 0 Å². The number of pyridine rings is 1. The number of para-hydroxylation sites is 1. The largest absolute Gasteiger partial charge is 0.456 e. The van der Waals surface area contributed by atoms with Gasteiger partial charge in [0, 0.05) is 15.9 Å². The molecule has 4 heteroatoms. The van der Waals surface area contributed by atoms with Gasteiger partial charge in [-0.1, -0.05) is 34.1 Å². The van der Waals surface area contributed by atoms with Crippen LogP contribution in [0.4, 0.5) is 0 Å². The average molecular weight is 344 g/mol. The number of rotatable bonds is 3. The number of aromatic nitrogens is 1. The zero-order chi connectivity index (χ0) is 14.8. The van der Waals surface area contributed by atoms with Crippen LogP contribution in [0.5, 0.6) is 11.5 Å². The summed E-state index contributed by atoms with van der Waals surface area (Å²) in [6.45, 7) is 1.89. The van der Waals surface area contributed by atoms with Gasteiger partial charge in [0.25, 0.3) is 0 Å². The summed E-state index contributed by atoms with van der Waals surface area (Å²) in [5.41, 5.74) is 2.45. The molecule has 0 bridgehead atoms. The molecule has 1 N–H and O–H groups in total. The second-order valence-electron chi connectivity index (χ2n) is 4.80. The molecule has 3 nitrogen and oxygen atoms in total. The molecule has 0 aliphatic heterocycles. The van der Waals surface area contributed by atoms with Crippen molar-refractivity contribution < 1.29 is 9.84 Å². The Morgan fingerprint density at radius 3 is 2.71 bits per heavy atom. The molecule has 1 aromatic heterocycles. The lowest BCUT2D eigenvalue weighted by Gasteiger charge is -2.12. The van der Waals surface area contributed by atoms with Crippen LogP contribution < -0.4 is 4.74 Å². The van der Waals surface area contributed by atoms with Crippen LogP contribution in [-0.4, -0.2) is 10.1 Å². The second-order valence-corrected chi connectivity index (χ2v) is 5.71. The third-order valence-electron chi connectivity index (χ3n) is 3.26. The topological polar surface area (TPSA) is 42.4 Å². The summed E-state index contributed by atoms with van der Waals surface area (Å²) in [5.74, 6) is 1.48. The monoisotopic (exact) mass is 343 g/mol. The Balaban J connectivity index is 2.13. The molecule has 0 saturated heterocycles. The van der Waals surface area contributed by atoms with E-state index in [4.69, 9.17) is 4.74 Å². The summed E-state index contributed by atoms with van der Waals surface area (Å²) in [7, 11) is 0. The first kappa shape index (κ1) is 14.0. The summed E-state index contributed by atoms with van der Waals surface area (Å²) >= 11 is 3.46. The van der Waals surface area contributed by atoms with E-state index in [9.17, 15) is 5.11 Å². The predicted octanol–water partition coefficient (Wildman–Crippen LogP) is 4.59. The number of nitrogens with zero attached hydrogens (tertiary/aromatic N) is 1. The van der Waals surface area contributed by atoms with Crippen molar-refractivity contribution in [2.75, 3.05) is 0 Å². The molecule has 0 amide bonds. The van der Waals surface area contributed by atoms with Crippen molar-refractivity contribution >= 4 is 26.8 Å². The van der Waals surface area contributed by atoms with Crippen LogP contribution in [-0.2, 0) is 6.61 Å². The summed E-state index contributed by atoms with van der Waals surface area (Å²) in [6.07, 6.45) is 0. The quantitative estimate of drug-likeness (QED) is 0.756. The third kappa shape index (κ3) is 2.91. The van der Waals surface area contributed by atoms with E-state index >= 15 is 0 Å². The fourth-order valence-corrected chi connectivity index (χ4v) is 2.50. The molecular formula is C17H14BrNO2. The van der Waals surface area contributed by atoms with Gasteiger partial charge in [-0.15, -0.1) is 0 Å². The molecule has 1 heterocycles. The predicted molar refractivity (Wildman–Crippen MR) is 86.6 cm³/mol. The van der Waals surface area contributed by atoms with E-state index < -0.39 is 0 Å². The van der Waals surface area contributed by atoms with Crippen LogP contribution in [0.1, 0.15) is 11.3 Å². The fourth-order valence-electron chi connectivity index (χ4n) is 2.16. The molecular weight excluding hydrogens is 330 g/mol. The van der Waals surface area contributed by atoms with Crippen LogP contribution in [0, 0.1) is 6.92 Å². The van der Waals surface area contributed by atoms with Crippen LogP contribution >= 0.6 is 15.9 Å². The van der Waals surface area contributed by atoms with Crippen LogP contribution in [0.25, 0.3) is 10.9 Å². The summed E-state index contributed by atoms with van der Waals surface area (Å²) in [5, 5.41) is 10.3. The first-order valence-electron chi connectivity index (χ1n) is 6.61. The number of aliphatic hydroxyl groups is 1. The zero-order valence-electron chi connectivity index (χ0n) is 11.5. The SMILES string of the molecule is Cc1ccc(Br)cc1Oc1cc(CO)nc2ccccc12. The lowest BCUT2D eigenvalue weighted by Crippen LogP contribution is -1.95. The smallest absolute Gasteiger partial charge is 0.138 e. The minimum absolute atomic E-state index is 0.112. The zero-order valence-corrected chi connectivity index (χ0v) is 13.1. The molecule has 3 aromatic rings. The fraction of sp³-hybridized carbons (Fsp3) is 0.118. The van der Waals surface area contributed by atoms with Crippen molar-refractivity contribution in [1.29, 1.82) is 0 Å². The maximum atomic E-state index is 9.36. The van der Waals surface area contributed by atoms with Crippen molar-refractivity contribution in [1.82, 2.24) is 4.98 Å². The van der Waals surface area contributed by atoms with Crippen molar-refractivity contribution in [3.05, 3.63) is 64.3 Å². The summed E-state index contributed by atoms with van der Waals surface area (Å²) in [4.78, 5) is 4.40. The maximum Gasteiger partial charge on any atom is 0.138 e. The van der Waals surface area contributed by atoms with Gasteiger partial charge in [-0.2, -0.15) is 0 Å². The van der Waals surface area contributed by atoms with Crippen LogP contribution in [0.3, 0.4) is 0 Å². The molecule has 0 spiro atoms. The average Bonchev–Trinajstić information content (AvgIpc) is 2.50. The lowest BCUT2D eigenvalue weighted by atomic mass is 10.1. The molecule has 0 radical (unpaired) electrons. The van der Waals surface area contributed by atoms with Gasteiger partial charge in [-0.3, -0.25) is 4.98 Å². The van der Waals surface area contributed by atoms with E-state index in [2.05, 4.69) is 20.9 Å². The van der Waals surface area contributed by atoms with Crippen LogP contribution in [0.2, 0.25) is 0 Å². The molecule has 21 heavy (non-hydrogen) atoms. The Bertz CT molecular complexity index is 802. The molecule has 0 fully saturated rings. The van der Waals surface area contributed by atoms with E-state index in [-0.39, 0.29) is 6.61 Å². The molecule has 3 rings (SSSR count). The molecule has 0 unspecified atom stereocenters. The minimum atomic E-state index is -0.112. The number of aryl methyl sites for hydroxylation is 1. The van der Waals surface area contributed by atoms with Gasteiger partial charge in [0.05, 0.1) is 17.8 Å². The Morgan fingerprint density at radius 2 is 1.90 bits per heavy atom. The number of benzene rings is 2. The van der Waals surface area contributed by atoms with Gasteiger partial charge < -0.3 is 9.84 Å². The number of ether oxygens (including phenoxy) is 1. The molecule has 0 aliphatic carbocycles. The highest BCUT2D eigenvalue weighted by atomic mass is 79.9. The van der Waals surface area contributed by atoms with Crippen LogP contribution in [0.15, 0.2) is 53.0 Å². The van der Waals surface area contributed by atoms with E-state index in [0.717, 1.165) is 26.7 Å². The Hall–Kier alpha value is -1.91. The first-order chi connectivity index (χ1) is 10.2. The number of fused-ring (bicyclic) bond motifs is 1. The first-order valence-corrected chi connectivity index (χ1v) is 7.40. The van der Waals surface area contributed by atoms with Gasteiger partial charge >= 0.3 is 0 Å². The molecule has 2 aromatic carbocycles. The number of hydrogen-bond acceptors (Lipinski definition) is 3. The summed E-state index contributed by atoms with van der Waals surface area (Å²) in [6, 6.07) is 15.4. The van der Waals surface area contributed by atoms with E-state index in [0.29, 0.717) is 11.4 Å². The van der Waals surface area contributed by atoms with Gasteiger partial charge in [0.2, 0.25) is 0 Å². The third-order valence-corrected chi connectivity index (χ3v) is 3.76. The van der Waals surface area contributed by atoms with Gasteiger partial charge in [-0.05, 0) is 36.8 Å². The van der Waals surface area contributed by atoms with E-state index in [1.54, 1.807) is 6.07 Å². The highest BCUT2D eigenvalue weighted by Gasteiger charge is 2.09. The van der Waals surface area contributed by atoms with Crippen molar-refractivity contribution in [2.24, 2.45) is 0 Å². The maximum absolute atomic E-state index is 9.36. The van der Waals surface area contributed by atoms with Crippen molar-refractivity contribution in [3.8, 4) is 11.5 Å². The highest BCUT2D eigenvalue weighted by molar-refractivity contribution is 9.10. The lowest BCUT2D eigenvalue weighted by molar-refractivity contribution is 0.276. The normalized spacial score (nSPS) is 10.8. The molecule has 106 valence electrons. The molecule has 0 saturated carbocycles. The Morgan fingerprint density at radius 1 is 1.10 bits per heavy atom. The minimum Gasteiger partial charge on any atom is -0.456 e. The van der Waals surface area contributed by atoms with Crippen molar-refractivity contribution in [3.63, 3.8) is 0 Å². The van der Waals surface area contributed by atoms with E-state index in [1.807, 2.05) is 49.4 Å². The Kier molecular flexibility index (Phi) is 3.90. The second kappa shape index (κ2) is 5.84. The van der Waals surface area contributed by atoms with Crippen molar-refractivity contribution in [2.45, 2.75) is 13.5 Å². The number of halogens is 1. The van der Waals surface area contributed by atoms with Gasteiger partial charge in [0.1, 0.15) is 11.5 Å². The molecule has 0 atom stereocenters. The van der Waals surface area contributed by atoms with E-state index in [1.165, 1.54) is 0 Å². The number of aliphatic hydroxyl groups excluding tert-OH is 1.